The van der Waals surface area contributed by atoms with Gasteiger partial charge in [0, 0.05) is 18.2 Å². The van der Waals surface area contributed by atoms with Gasteiger partial charge in [-0.1, -0.05) is 19.8 Å². The predicted molar refractivity (Wildman–Crippen MR) is 74.1 cm³/mol. The topological polar surface area (TPSA) is 42.4 Å². The summed E-state index contributed by atoms with van der Waals surface area (Å²) in [7, 11) is 2.22. The zero-order valence-electron chi connectivity index (χ0n) is 11.6. The van der Waals surface area contributed by atoms with Gasteiger partial charge in [-0.05, 0) is 44.3 Å². The Balaban J connectivity index is 1.98. The van der Waals surface area contributed by atoms with Crippen LogP contribution in [0.2, 0.25) is 0 Å². The minimum absolute atomic E-state index is 0.628. The molecule has 18 heavy (non-hydrogen) atoms. The molecule has 0 bridgehead atoms. The first-order valence-electron chi connectivity index (χ1n) is 7.16. The maximum Gasteiger partial charge on any atom is 0.0947 e. The zero-order valence-corrected chi connectivity index (χ0v) is 11.6. The fourth-order valence-corrected chi connectivity index (χ4v) is 3.27. The lowest BCUT2D eigenvalue weighted by Crippen LogP contribution is -2.44. The van der Waals surface area contributed by atoms with Gasteiger partial charge in [0.2, 0.25) is 0 Å². The third-order valence-corrected chi connectivity index (χ3v) is 4.52. The van der Waals surface area contributed by atoms with Crippen LogP contribution < -0.4 is 5.73 Å². The first kappa shape index (κ1) is 13.6. The smallest absolute Gasteiger partial charge is 0.0947 e. The zero-order chi connectivity index (χ0) is 13.0. The lowest BCUT2D eigenvalue weighted by Gasteiger charge is -2.40. The molecule has 0 saturated heterocycles. The van der Waals surface area contributed by atoms with Crippen molar-refractivity contribution < 1.29 is 4.42 Å². The second-order valence-electron chi connectivity index (χ2n) is 5.70. The maximum absolute atomic E-state index is 5.95. The van der Waals surface area contributed by atoms with E-state index in [1.807, 2.05) is 12.3 Å². The summed E-state index contributed by atoms with van der Waals surface area (Å²) in [4.78, 5) is 2.46. The highest BCUT2D eigenvalue weighted by molar-refractivity contribution is 5.05. The van der Waals surface area contributed by atoms with E-state index in [0.717, 1.165) is 19.0 Å². The Morgan fingerprint density at radius 3 is 2.89 bits per heavy atom. The molecule has 0 radical (unpaired) electrons. The molecule has 0 amide bonds. The van der Waals surface area contributed by atoms with Crippen molar-refractivity contribution >= 4 is 0 Å². The van der Waals surface area contributed by atoms with Gasteiger partial charge in [0.25, 0.3) is 0 Å². The molecule has 1 saturated carbocycles. The van der Waals surface area contributed by atoms with E-state index in [1.54, 1.807) is 6.26 Å². The minimum Gasteiger partial charge on any atom is -0.472 e. The summed E-state index contributed by atoms with van der Waals surface area (Å²) in [6.45, 7) is 4.09. The largest absolute Gasteiger partial charge is 0.472 e. The molecular formula is C15H26N2O. The Morgan fingerprint density at radius 2 is 2.28 bits per heavy atom. The highest BCUT2D eigenvalue weighted by Gasteiger charge is 2.31. The van der Waals surface area contributed by atoms with Crippen LogP contribution in [0.3, 0.4) is 0 Å². The molecule has 1 aliphatic carbocycles. The Morgan fingerprint density at radius 1 is 1.44 bits per heavy atom. The summed E-state index contributed by atoms with van der Waals surface area (Å²) in [5.74, 6) is 1.54. The molecule has 3 atom stereocenters. The van der Waals surface area contributed by atoms with E-state index in [0.29, 0.717) is 12.0 Å². The number of nitrogens with two attached hydrogens (primary N) is 1. The van der Waals surface area contributed by atoms with Crippen molar-refractivity contribution in [1.29, 1.82) is 0 Å². The summed E-state index contributed by atoms with van der Waals surface area (Å²) < 4.78 is 5.15. The number of rotatable bonds is 5. The molecule has 1 fully saturated rings. The second kappa shape index (κ2) is 6.39. The molecule has 102 valence electrons. The number of nitrogens with zero attached hydrogens (tertiary/aromatic N) is 1. The van der Waals surface area contributed by atoms with Gasteiger partial charge in [-0.3, -0.25) is 4.90 Å². The first-order chi connectivity index (χ1) is 8.74. The minimum atomic E-state index is 0.628. The van der Waals surface area contributed by atoms with Crippen molar-refractivity contribution in [3.63, 3.8) is 0 Å². The number of hydrogen-bond donors (Lipinski definition) is 1. The molecule has 1 aromatic heterocycles. The summed E-state index contributed by atoms with van der Waals surface area (Å²) in [6.07, 6.45) is 8.83. The van der Waals surface area contributed by atoms with Gasteiger partial charge in [0.15, 0.2) is 0 Å². The average Bonchev–Trinajstić information content (AvgIpc) is 2.90. The first-order valence-corrected chi connectivity index (χ1v) is 7.16. The Hall–Kier alpha value is -0.800. The molecular weight excluding hydrogens is 224 g/mol. The van der Waals surface area contributed by atoms with Gasteiger partial charge in [0.1, 0.15) is 0 Å². The molecule has 1 heterocycles. The van der Waals surface area contributed by atoms with Crippen LogP contribution in [-0.4, -0.2) is 24.5 Å². The molecule has 3 nitrogen and oxygen atoms in total. The lowest BCUT2D eigenvalue weighted by atomic mass is 9.76. The summed E-state index contributed by atoms with van der Waals surface area (Å²) in [5.41, 5.74) is 7.20. The van der Waals surface area contributed by atoms with E-state index in [4.69, 9.17) is 10.2 Å². The van der Waals surface area contributed by atoms with Crippen LogP contribution in [0.15, 0.2) is 23.0 Å². The second-order valence-corrected chi connectivity index (χ2v) is 5.70. The van der Waals surface area contributed by atoms with Crippen molar-refractivity contribution in [3.05, 3.63) is 24.2 Å². The van der Waals surface area contributed by atoms with Crippen LogP contribution in [-0.2, 0) is 6.54 Å². The van der Waals surface area contributed by atoms with Crippen molar-refractivity contribution in [3.8, 4) is 0 Å². The molecule has 0 spiro atoms. The van der Waals surface area contributed by atoms with Gasteiger partial charge < -0.3 is 10.2 Å². The van der Waals surface area contributed by atoms with E-state index >= 15 is 0 Å². The Labute approximate surface area is 110 Å². The monoisotopic (exact) mass is 250 g/mol. The van der Waals surface area contributed by atoms with Crippen LogP contribution in [0.5, 0.6) is 0 Å². The normalized spacial score (nSPS) is 28.8. The highest BCUT2D eigenvalue weighted by Crippen LogP contribution is 2.33. The number of hydrogen-bond acceptors (Lipinski definition) is 3. The Kier molecular flexibility index (Phi) is 4.84. The van der Waals surface area contributed by atoms with E-state index in [-0.39, 0.29) is 0 Å². The summed E-state index contributed by atoms with van der Waals surface area (Å²) >= 11 is 0. The predicted octanol–water partition coefficient (Wildman–Crippen LogP) is 2.87. The quantitative estimate of drug-likeness (QED) is 0.873. The van der Waals surface area contributed by atoms with Crippen LogP contribution in [0, 0.1) is 11.8 Å². The molecule has 3 heteroatoms. The van der Waals surface area contributed by atoms with Crippen LogP contribution in [0.25, 0.3) is 0 Å². The molecule has 2 rings (SSSR count). The molecule has 2 N–H and O–H groups in total. The van der Waals surface area contributed by atoms with Gasteiger partial charge in [-0.25, -0.2) is 0 Å². The van der Waals surface area contributed by atoms with E-state index in [1.165, 1.54) is 31.2 Å². The van der Waals surface area contributed by atoms with Crippen LogP contribution in [0.1, 0.15) is 38.2 Å². The molecule has 0 aromatic carbocycles. The van der Waals surface area contributed by atoms with Gasteiger partial charge in [-0.2, -0.15) is 0 Å². The van der Waals surface area contributed by atoms with E-state index in [9.17, 15) is 0 Å². The lowest BCUT2D eigenvalue weighted by molar-refractivity contribution is 0.0963. The van der Waals surface area contributed by atoms with Crippen molar-refractivity contribution in [2.24, 2.45) is 17.6 Å². The third kappa shape index (κ3) is 3.15. The third-order valence-electron chi connectivity index (χ3n) is 4.52. The summed E-state index contributed by atoms with van der Waals surface area (Å²) in [6, 6.07) is 2.68. The standard InChI is InChI=1S/C15H26N2O/c1-3-12-4-5-14(9-16)15(8-12)17(2)10-13-6-7-18-11-13/h6-7,11-12,14-15H,3-5,8-10,16H2,1-2H3. The maximum atomic E-state index is 5.95. The van der Waals surface area contributed by atoms with Crippen LogP contribution >= 0.6 is 0 Å². The van der Waals surface area contributed by atoms with E-state index in [2.05, 4.69) is 18.9 Å². The summed E-state index contributed by atoms with van der Waals surface area (Å²) in [5, 5.41) is 0. The molecule has 1 aliphatic rings. The fraction of sp³-hybridized carbons (Fsp3) is 0.733. The SMILES string of the molecule is CCC1CCC(CN)C(N(C)Cc2ccoc2)C1. The van der Waals surface area contributed by atoms with Gasteiger partial charge >= 0.3 is 0 Å². The number of furan rings is 1. The average molecular weight is 250 g/mol. The van der Waals surface area contributed by atoms with Crippen molar-refractivity contribution in [2.45, 2.75) is 45.2 Å². The molecule has 1 aromatic rings. The molecule has 3 unspecified atom stereocenters. The fourth-order valence-electron chi connectivity index (χ4n) is 3.27. The molecule has 0 aliphatic heterocycles. The van der Waals surface area contributed by atoms with Gasteiger partial charge in [0.05, 0.1) is 12.5 Å². The highest BCUT2D eigenvalue weighted by atomic mass is 16.3. The van der Waals surface area contributed by atoms with E-state index < -0.39 is 0 Å². The van der Waals surface area contributed by atoms with Crippen LogP contribution in [0.4, 0.5) is 0 Å². The Bertz CT molecular complexity index is 336. The van der Waals surface area contributed by atoms with Gasteiger partial charge in [-0.15, -0.1) is 0 Å². The van der Waals surface area contributed by atoms with Crippen molar-refractivity contribution in [2.75, 3.05) is 13.6 Å². The van der Waals surface area contributed by atoms with Crippen molar-refractivity contribution in [1.82, 2.24) is 4.90 Å².